The van der Waals surface area contributed by atoms with Crippen LogP contribution in [-0.2, 0) is 22.6 Å². The summed E-state index contributed by atoms with van der Waals surface area (Å²) in [5.41, 5.74) is 3.87. The van der Waals surface area contributed by atoms with E-state index in [1.165, 1.54) is 0 Å². The van der Waals surface area contributed by atoms with E-state index < -0.39 is 58.0 Å². The van der Waals surface area contributed by atoms with E-state index in [0.717, 1.165) is 11.3 Å². The fraction of sp³-hybridized carbons (Fsp3) is 0.567. The molecule has 0 saturated heterocycles. The van der Waals surface area contributed by atoms with Crippen molar-refractivity contribution in [3.63, 3.8) is 0 Å². The number of aliphatic hydroxyl groups is 3. The summed E-state index contributed by atoms with van der Waals surface area (Å²) in [4.78, 5) is 43.4. The molecule has 1 aromatic rings. The molecule has 3 aliphatic carbocycles. The number of ketones is 2. The maximum absolute atomic E-state index is 14.1. The van der Waals surface area contributed by atoms with Gasteiger partial charge in [-0.2, -0.15) is 0 Å². The first-order valence-corrected chi connectivity index (χ1v) is 14.0. The van der Waals surface area contributed by atoms with Crippen LogP contribution in [0.2, 0.25) is 0 Å². The number of carbonyl (C=O) groups is 3. The average molecular weight is 571 g/mol. The molecule has 1 aromatic carbocycles. The van der Waals surface area contributed by atoms with Crippen LogP contribution in [-0.4, -0.2) is 87.2 Å². The molecule has 0 aliphatic heterocycles. The molecule has 7 N–H and O–H groups in total. The zero-order chi connectivity index (χ0) is 30.8. The van der Waals surface area contributed by atoms with Crippen LogP contribution in [0.25, 0.3) is 0 Å². The lowest BCUT2D eigenvalue weighted by Crippen LogP contribution is -2.63. The van der Waals surface area contributed by atoms with Gasteiger partial charge in [-0.05, 0) is 84.7 Å². The molecule has 3 aliphatic rings. The Bertz CT molecular complexity index is 1370. The first-order valence-electron chi connectivity index (χ1n) is 14.0. The first-order chi connectivity index (χ1) is 19.0. The van der Waals surface area contributed by atoms with Crippen LogP contribution in [0.5, 0.6) is 5.75 Å². The Kier molecular flexibility index (Phi) is 7.79. The number of nitrogens with zero attached hydrogens (tertiary/aromatic N) is 2. The number of amides is 1. The summed E-state index contributed by atoms with van der Waals surface area (Å²) in [6.45, 7) is 11.9. The van der Waals surface area contributed by atoms with Crippen LogP contribution in [0.1, 0.15) is 62.5 Å². The fourth-order valence-electron chi connectivity index (χ4n) is 6.80. The van der Waals surface area contributed by atoms with Crippen molar-refractivity contribution in [2.75, 3.05) is 32.1 Å². The molecule has 11 nitrogen and oxygen atoms in total. The number of allylic oxidation sites excluding steroid dienone is 1. The minimum atomic E-state index is -2.65. The van der Waals surface area contributed by atoms with Crippen LogP contribution < -0.4 is 16.0 Å². The summed E-state index contributed by atoms with van der Waals surface area (Å²) < 4.78 is 0. The van der Waals surface area contributed by atoms with Crippen molar-refractivity contribution in [2.24, 2.45) is 17.6 Å². The lowest BCUT2D eigenvalue weighted by Gasteiger charge is -2.50. The van der Waals surface area contributed by atoms with E-state index >= 15 is 0 Å². The van der Waals surface area contributed by atoms with E-state index in [-0.39, 0.29) is 35.3 Å². The molecule has 11 heteroatoms. The monoisotopic (exact) mass is 570 g/mol. The van der Waals surface area contributed by atoms with Gasteiger partial charge in [0.05, 0.1) is 11.6 Å². The number of Topliss-reactive ketones (excluding diaryl/α,β-unsaturated/α-hetero) is 2. The number of nitrogens with two attached hydrogens (primary N) is 1. The van der Waals surface area contributed by atoms with Gasteiger partial charge >= 0.3 is 0 Å². The molecule has 0 unspecified atom stereocenters. The van der Waals surface area contributed by atoms with Crippen LogP contribution in [0, 0.1) is 11.8 Å². The molecule has 0 spiro atoms. The maximum atomic E-state index is 14.1. The van der Waals surface area contributed by atoms with Crippen LogP contribution >= 0.6 is 0 Å². The molecule has 4 rings (SSSR count). The normalized spacial score (nSPS) is 26.2. The van der Waals surface area contributed by atoms with Gasteiger partial charge in [0.25, 0.3) is 5.91 Å². The number of nitrogens with one attached hydrogen (secondary N) is 1. The van der Waals surface area contributed by atoms with Crippen molar-refractivity contribution in [1.29, 1.82) is 0 Å². The molecule has 0 bridgehead atoms. The van der Waals surface area contributed by atoms with Gasteiger partial charge in [-0.25, -0.2) is 0 Å². The smallest absolute Gasteiger partial charge is 0.255 e. The Morgan fingerprint density at radius 2 is 1.76 bits per heavy atom. The van der Waals surface area contributed by atoms with Gasteiger partial charge in [0.15, 0.2) is 11.4 Å². The minimum Gasteiger partial charge on any atom is -0.510 e. The van der Waals surface area contributed by atoms with Gasteiger partial charge in [-0.3, -0.25) is 19.3 Å². The zero-order valence-electron chi connectivity index (χ0n) is 24.8. The molecule has 41 heavy (non-hydrogen) atoms. The third kappa shape index (κ3) is 4.69. The van der Waals surface area contributed by atoms with E-state index in [9.17, 15) is 34.8 Å². The number of carbonyl (C=O) groups excluding carboxylic acids is 3. The molecular weight excluding hydrogens is 528 g/mol. The number of rotatable bonds is 7. The molecule has 4 atom stereocenters. The largest absolute Gasteiger partial charge is 0.510 e. The number of benzene rings is 1. The van der Waals surface area contributed by atoms with Gasteiger partial charge in [0, 0.05) is 42.4 Å². The molecular formula is C30H42N4O7. The van der Waals surface area contributed by atoms with E-state index in [1.807, 2.05) is 34.6 Å². The third-order valence-electron chi connectivity index (χ3n) is 8.66. The molecule has 0 aromatic heterocycles. The number of hydrogen-bond donors (Lipinski definition) is 6. The highest BCUT2D eigenvalue weighted by atomic mass is 16.3. The van der Waals surface area contributed by atoms with E-state index in [1.54, 1.807) is 25.1 Å². The number of likely N-dealkylation sites (N-methyl/N-ethyl adjacent to an activating group) is 1. The lowest BCUT2D eigenvalue weighted by atomic mass is 9.58. The number of aromatic hydroxyl groups is 1. The van der Waals surface area contributed by atoms with Gasteiger partial charge in [-0.1, -0.05) is 0 Å². The number of phenolic OH excluding ortho intramolecular Hbond substituents is 1. The summed E-state index contributed by atoms with van der Waals surface area (Å²) >= 11 is 0. The number of primary amides is 1. The van der Waals surface area contributed by atoms with E-state index in [4.69, 9.17) is 5.73 Å². The number of hydrogen-bond acceptors (Lipinski definition) is 10. The Morgan fingerprint density at radius 1 is 1.15 bits per heavy atom. The van der Waals surface area contributed by atoms with Crippen LogP contribution in [0.15, 0.2) is 28.7 Å². The molecule has 0 heterocycles. The average Bonchev–Trinajstić information content (AvgIpc) is 2.86. The second kappa shape index (κ2) is 10.5. The van der Waals surface area contributed by atoms with Gasteiger partial charge < -0.3 is 36.4 Å². The Morgan fingerprint density at radius 3 is 2.27 bits per heavy atom. The summed E-state index contributed by atoms with van der Waals surface area (Å²) in [6.07, 6.45) is 0.298. The number of aliphatic hydroxyl groups excluding tert-OH is 2. The Balaban J connectivity index is 1.96. The van der Waals surface area contributed by atoms with Crippen molar-refractivity contribution >= 4 is 23.2 Å². The standard InChI is InChI=1S/C30H42N4O7/c1-8-34(9-2)22-15(13-32-29(3,4)5)12-18(35)20-16(22)10-14-11-17-23(33(6)7)25(37)21(28(31)40)27(39)30(17,41)26(38)19(14)24(20)36/h12,14,17,23,32,35,37-38,41H,8-11,13H2,1-7H3,(H2,31,40)/t14-,17-,23-,30-/m0/s1. The number of anilines is 1. The van der Waals surface area contributed by atoms with Gasteiger partial charge in [-0.15, -0.1) is 0 Å². The molecule has 224 valence electrons. The van der Waals surface area contributed by atoms with Crippen molar-refractivity contribution in [2.45, 2.75) is 71.2 Å². The molecule has 0 saturated carbocycles. The lowest BCUT2D eigenvalue weighted by molar-refractivity contribution is -0.148. The minimum absolute atomic E-state index is 0.0205. The predicted molar refractivity (Wildman–Crippen MR) is 154 cm³/mol. The van der Waals surface area contributed by atoms with Crippen molar-refractivity contribution in [3.8, 4) is 5.75 Å². The highest BCUT2D eigenvalue weighted by Gasteiger charge is 2.63. The third-order valence-corrected chi connectivity index (χ3v) is 8.66. The van der Waals surface area contributed by atoms with Crippen molar-refractivity contribution in [1.82, 2.24) is 10.2 Å². The Hall–Kier alpha value is -3.41. The number of fused-ring (bicyclic) bond motifs is 3. The second-order valence-corrected chi connectivity index (χ2v) is 12.5. The second-order valence-electron chi connectivity index (χ2n) is 12.5. The highest BCUT2D eigenvalue weighted by molar-refractivity contribution is 6.24. The van der Waals surface area contributed by atoms with Crippen molar-refractivity contribution in [3.05, 3.63) is 45.4 Å². The summed E-state index contributed by atoms with van der Waals surface area (Å²) in [5, 5.41) is 48.9. The number of phenols is 1. The Labute approximate surface area is 240 Å². The van der Waals surface area contributed by atoms with Gasteiger partial charge in [0.1, 0.15) is 22.8 Å². The zero-order valence-corrected chi connectivity index (χ0v) is 24.8. The van der Waals surface area contributed by atoms with E-state index in [0.29, 0.717) is 25.2 Å². The van der Waals surface area contributed by atoms with Crippen LogP contribution in [0.3, 0.4) is 0 Å². The molecule has 1 amide bonds. The van der Waals surface area contributed by atoms with Crippen molar-refractivity contribution < 1.29 is 34.8 Å². The summed E-state index contributed by atoms with van der Waals surface area (Å²) in [7, 11) is 3.22. The highest BCUT2D eigenvalue weighted by Crippen LogP contribution is 2.53. The maximum Gasteiger partial charge on any atom is 0.255 e. The summed E-state index contributed by atoms with van der Waals surface area (Å²) in [6, 6.07) is 0.527. The predicted octanol–water partition coefficient (Wildman–Crippen LogP) is 1.85. The van der Waals surface area contributed by atoms with Gasteiger partial charge in [0.2, 0.25) is 5.78 Å². The fourth-order valence-corrected chi connectivity index (χ4v) is 6.80. The summed E-state index contributed by atoms with van der Waals surface area (Å²) in [5.74, 6) is -6.57. The molecule has 0 radical (unpaired) electrons. The van der Waals surface area contributed by atoms with Crippen LogP contribution in [0.4, 0.5) is 5.69 Å². The first kappa shape index (κ1) is 30.5. The van der Waals surface area contributed by atoms with E-state index in [2.05, 4.69) is 10.2 Å². The topological polar surface area (TPSA) is 177 Å². The molecule has 0 fully saturated rings. The SMILES string of the molecule is CCN(CC)c1c(CNC(C)(C)C)cc(O)c2c1C[C@H]1C[C@H]3[C@H](N(C)C)C(O)=C(C(N)=O)C(=O)[C@@]3(O)C(O)=C1C2=O. The quantitative estimate of drug-likeness (QED) is 0.265.